The molecule has 0 radical (unpaired) electrons. The maximum atomic E-state index is 11.6. The van der Waals surface area contributed by atoms with Crippen molar-refractivity contribution in [1.29, 1.82) is 0 Å². The molecule has 0 spiro atoms. The Labute approximate surface area is 93.3 Å². The van der Waals surface area contributed by atoms with Gasteiger partial charge in [-0.1, -0.05) is 33.3 Å². The molecule has 1 aliphatic heterocycles. The first-order valence-electron chi connectivity index (χ1n) is 6.13. The van der Waals surface area contributed by atoms with Crippen molar-refractivity contribution in [3.63, 3.8) is 0 Å². The van der Waals surface area contributed by atoms with Crippen molar-refractivity contribution in [3.8, 4) is 0 Å². The Morgan fingerprint density at radius 2 is 2.40 bits per heavy atom. The Bertz CT molecular complexity index is 225. The van der Waals surface area contributed by atoms with E-state index in [4.69, 9.17) is 0 Å². The molecule has 0 aromatic heterocycles. The van der Waals surface area contributed by atoms with Crippen molar-refractivity contribution >= 4 is 5.91 Å². The Morgan fingerprint density at radius 3 is 3.00 bits per heavy atom. The molecule has 0 aromatic rings. The highest BCUT2D eigenvalue weighted by atomic mass is 16.2. The van der Waals surface area contributed by atoms with Gasteiger partial charge in [-0.05, 0) is 31.3 Å². The zero-order valence-electron chi connectivity index (χ0n) is 10.0. The largest absolute Gasteiger partial charge is 0.336 e. The van der Waals surface area contributed by atoms with E-state index < -0.39 is 0 Å². The minimum Gasteiger partial charge on any atom is -0.336 e. The van der Waals surface area contributed by atoms with E-state index in [0.717, 1.165) is 13.0 Å². The van der Waals surface area contributed by atoms with Gasteiger partial charge >= 0.3 is 0 Å². The highest BCUT2D eigenvalue weighted by Gasteiger charge is 2.30. The van der Waals surface area contributed by atoms with Crippen LogP contribution in [0, 0.1) is 5.92 Å². The number of carbonyl (C=O) groups is 1. The van der Waals surface area contributed by atoms with Gasteiger partial charge in [-0.15, -0.1) is 0 Å². The first-order chi connectivity index (χ1) is 7.20. The van der Waals surface area contributed by atoms with E-state index >= 15 is 0 Å². The summed E-state index contributed by atoms with van der Waals surface area (Å²) in [5.41, 5.74) is 0. The monoisotopic (exact) mass is 209 g/mol. The molecular weight excluding hydrogens is 186 g/mol. The number of amides is 1. The van der Waals surface area contributed by atoms with E-state index in [2.05, 4.69) is 20.4 Å². The summed E-state index contributed by atoms with van der Waals surface area (Å²) in [6.07, 6.45) is 7.53. The second kappa shape index (κ2) is 5.94. The van der Waals surface area contributed by atoms with Crippen LogP contribution in [-0.4, -0.2) is 23.4 Å². The van der Waals surface area contributed by atoms with Crippen molar-refractivity contribution < 1.29 is 4.79 Å². The molecule has 0 saturated carbocycles. The summed E-state index contributed by atoms with van der Waals surface area (Å²) in [7, 11) is 0. The van der Waals surface area contributed by atoms with Crippen LogP contribution >= 0.6 is 0 Å². The smallest absolute Gasteiger partial charge is 0.246 e. The van der Waals surface area contributed by atoms with E-state index in [1.54, 1.807) is 0 Å². The minimum absolute atomic E-state index is 0.112. The lowest BCUT2D eigenvalue weighted by Crippen LogP contribution is -2.38. The highest BCUT2D eigenvalue weighted by molar-refractivity contribution is 5.87. The SMILES string of the molecule is C=CC(=O)N1CCCC1C(C)CCCC. The van der Waals surface area contributed by atoms with Crippen LogP contribution in [0.2, 0.25) is 0 Å². The Morgan fingerprint density at radius 1 is 1.67 bits per heavy atom. The van der Waals surface area contributed by atoms with E-state index in [9.17, 15) is 4.79 Å². The van der Waals surface area contributed by atoms with E-state index in [-0.39, 0.29) is 5.91 Å². The zero-order chi connectivity index (χ0) is 11.3. The molecule has 2 nitrogen and oxygen atoms in total. The van der Waals surface area contributed by atoms with Gasteiger partial charge in [0.15, 0.2) is 0 Å². The molecule has 86 valence electrons. The Kier molecular flexibility index (Phi) is 4.86. The Balaban J connectivity index is 2.51. The van der Waals surface area contributed by atoms with Gasteiger partial charge in [-0.2, -0.15) is 0 Å². The molecule has 1 amide bonds. The summed E-state index contributed by atoms with van der Waals surface area (Å²) in [6.45, 7) is 8.98. The average molecular weight is 209 g/mol. The van der Waals surface area contributed by atoms with E-state index in [1.807, 2.05) is 4.90 Å². The van der Waals surface area contributed by atoms with Crippen LogP contribution < -0.4 is 0 Å². The highest BCUT2D eigenvalue weighted by Crippen LogP contribution is 2.27. The second-order valence-corrected chi connectivity index (χ2v) is 4.56. The van der Waals surface area contributed by atoms with E-state index in [0.29, 0.717) is 12.0 Å². The predicted octanol–water partition coefficient (Wildman–Crippen LogP) is 2.99. The molecule has 0 aliphatic carbocycles. The molecule has 0 N–H and O–H groups in total. The average Bonchev–Trinajstić information content (AvgIpc) is 2.73. The molecule has 0 bridgehead atoms. The fourth-order valence-electron chi connectivity index (χ4n) is 2.49. The predicted molar refractivity (Wildman–Crippen MR) is 63.6 cm³/mol. The molecule has 1 fully saturated rings. The first kappa shape index (κ1) is 12.3. The standard InChI is InChI=1S/C13H23NO/c1-4-6-8-11(3)12-9-7-10-14(12)13(15)5-2/h5,11-12H,2,4,6-10H2,1,3H3. The summed E-state index contributed by atoms with van der Waals surface area (Å²) in [5.74, 6) is 0.747. The van der Waals surface area contributed by atoms with Gasteiger partial charge in [0, 0.05) is 12.6 Å². The van der Waals surface area contributed by atoms with Crippen LogP contribution in [0.25, 0.3) is 0 Å². The van der Waals surface area contributed by atoms with Gasteiger partial charge in [0.05, 0.1) is 0 Å². The molecule has 1 heterocycles. The fourth-order valence-corrected chi connectivity index (χ4v) is 2.49. The zero-order valence-corrected chi connectivity index (χ0v) is 10.0. The summed E-state index contributed by atoms with van der Waals surface area (Å²) in [5, 5.41) is 0. The van der Waals surface area contributed by atoms with Crippen LogP contribution in [0.3, 0.4) is 0 Å². The summed E-state index contributed by atoms with van der Waals surface area (Å²) >= 11 is 0. The van der Waals surface area contributed by atoms with Crippen molar-refractivity contribution in [3.05, 3.63) is 12.7 Å². The number of likely N-dealkylation sites (tertiary alicyclic amines) is 1. The lowest BCUT2D eigenvalue weighted by Gasteiger charge is -2.28. The Hall–Kier alpha value is -0.790. The molecule has 1 aliphatic rings. The number of rotatable bonds is 5. The van der Waals surface area contributed by atoms with Gasteiger partial charge in [-0.3, -0.25) is 4.79 Å². The molecule has 1 saturated heterocycles. The van der Waals surface area contributed by atoms with Crippen molar-refractivity contribution in [2.45, 2.75) is 52.0 Å². The molecule has 2 heteroatoms. The lowest BCUT2D eigenvalue weighted by atomic mass is 9.94. The van der Waals surface area contributed by atoms with Gasteiger partial charge in [0.25, 0.3) is 0 Å². The van der Waals surface area contributed by atoms with Crippen LogP contribution in [0.4, 0.5) is 0 Å². The third kappa shape index (κ3) is 3.08. The van der Waals surface area contributed by atoms with Gasteiger partial charge in [0.1, 0.15) is 0 Å². The molecule has 2 atom stereocenters. The van der Waals surface area contributed by atoms with Crippen LogP contribution in [-0.2, 0) is 4.79 Å². The normalized spacial score (nSPS) is 22.8. The van der Waals surface area contributed by atoms with Crippen molar-refractivity contribution in [2.24, 2.45) is 5.92 Å². The van der Waals surface area contributed by atoms with Crippen molar-refractivity contribution in [2.75, 3.05) is 6.54 Å². The third-order valence-electron chi connectivity index (χ3n) is 3.43. The van der Waals surface area contributed by atoms with Crippen LogP contribution in [0.5, 0.6) is 0 Å². The van der Waals surface area contributed by atoms with Gasteiger partial charge < -0.3 is 4.90 Å². The fraction of sp³-hybridized carbons (Fsp3) is 0.769. The number of nitrogens with zero attached hydrogens (tertiary/aromatic N) is 1. The summed E-state index contributed by atoms with van der Waals surface area (Å²) in [6, 6.07) is 0.460. The number of carbonyl (C=O) groups excluding carboxylic acids is 1. The van der Waals surface area contributed by atoms with Crippen molar-refractivity contribution in [1.82, 2.24) is 4.90 Å². The molecular formula is C13H23NO. The van der Waals surface area contributed by atoms with Gasteiger partial charge in [0.2, 0.25) is 5.91 Å². The molecule has 0 aromatic carbocycles. The maximum absolute atomic E-state index is 11.6. The summed E-state index contributed by atoms with van der Waals surface area (Å²) in [4.78, 5) is 13.6. The van der Waals surface area contributed by atoms with Crippen LogP contribution in [0.15, 0.2) is 12.7 Å². The third-order valence-corrected chi connectivity index (χ3v) is 3.43. The quantitative estimate of drug-likeness (QED) is 0.637. The molecule has 2 unspecified atom stereocenters. The van der Waals surface area contributed by atoms with E-state index in [1.165, 1.54) is 31.8 Å². The topological polar surface area (TPSA) is 20.3 Å². The second-order valence-electron chi connectivity index (χ2n) is 4.56. The summed E-state index contributed by atoms with van der Waals surface area (Å²) < 4.78 is 0. The lowest BCUT2D eigenvalue weighted by molar-refractivity contribution is -0.127. The first-order valence-corrected chi connectivity index (χ1v) is 6.13. The minimum atomic E-state index is 0.112. The molecule has 1 rings (SSSR count). The number of hydrogen-bond donors (Lipinski definition) is 0. The molecule has 15 heavy (non-hydrogen) atoms. The number of hydrogen-bond acceptors (Lipinski definition) is 1. The maximum Gasteiger partial charge on any atom is 0.246 e. The van der Waals surface area contributed by atoms with Gasteiger partial charge in [-0.25, -0.2) is 0 Å². The number of unbranched alkanes of at least 4 members (excludes halogenated alkanes) is 1. The van der Waals surface area contributed by atoms with Crippen LogP contribution in [0.1, 0.15) is 46.0 Å².